The van der Waals surface area contributed by atoms with Gasteiger partial charge in [0.05, 0.1) is 23.0 Å². The zero-order chi connectivity index (χ0) is 20.4. The summed E-state index contributed by atoms with van der Waals surface area (Å²) in [6.07, 6.45) is 0.745. The van der Waals surface area contributed by atoms with Crippen molar-refractivity contribution in [2.45, 2.75) is 19.0 Å². The molecule has 4 nitrogen and oxygen atoms in total. The van der Waals surface area contributed by atoms with E-state index >= 15 is 0 Å². The third-order valence-electron chi connectivity index (χ3n) is 4.88. The molecule has 29 heavy (non-hydrogen) atoms. The van der Waals surface area contributed by atoms with Crippen LogP contribution in [0.1, 0.15) is 27.9 Å². The molecule has 7 heteroatoms. The van der Waals surface area contributed by atoms with Crippen LogP contribution >= 0.6 is 0 Å². The number of alkyl halides is 3. The maximum absolute atomic E-state index is 12.7. The van der Waals surface area contributed by atoms with Gasteiger partial charge in [0.15, 0.2) is 0 Å². The number of amides is 1. The van der Waals surface area contributed by atoms with Crippen LogP contribution in [-0.4, -0.2) is 17.4 Å². The Morgan fingerprint density at radius 3 is 2.55 bits per heavy atom. The first kappa shape index (κ1) is 19.0. The fourth-order valence-corrected chi connectivity index (χ4v) is 3.45. The molecule has 0 saturated heterocycles. The average Bonchev–Trinajstić information content (AvgIpc) is 2.73. The number of carbonyl (C=O) groups excluding carboxylic acids is 1. The predicted octanol–water partition coefficient (Wildman–Crippen LogP) is 5.44. The highest BCUT2D eigenvalue weighted by atomic mass is 19.4. The van der Waals surface area contributed by atoms with Crippen LogP contribution in [0, 0.1) is 0 Å². The van der Waals surface area contributed by atoms with Crippen molar-refractivity contribution in [2.24, 2.45) is 0 Å². The normalized spacial score (nSPS) is 13.7. The molecule has 2 heterocycles. The van der Waals surface area contributed by atoms with Crippen LogP contribution in [0.3, 0.4) is 0 Å². The molecular formula is C22H18F3N3O. The summed E-state index contributed by atoms with van der Waals surface area (Å²) in [5, 5.41) is 2.62. The second-order valence-corrected chi connectivity index (χ2v) is 6.84. The lowest BCUT2D eigenvalue weighted by molar-refractivity contribution is -0.137. The van der Waals surface area contributed by atoms with Crippen molar-refractivity contribution in [2.75, 3.05) is 16.8 Å². The van der Waals surface area contributed by atoms with Crippen LogP contribution in [0.5, 0.6) is 0 Å². The van der Waals surface area contributed by atoms with Crippen LogP contribution in [0.2, 0.25) is 0 Å². The van der Waals surface area contributed by atoms with Crippen molar-refractivity contribution < 1.29 is 18.0 Å². The topological polar surface area (TPSA) is 45.2 Å². The number of rotatable bonds is 3. The summed E-state index contributed by atoms with van der Waals surface area (Å²) in [4.78, 5) is 18.9. The number of fused-ring (bicyclic) bond motifs is 1. The van der Waals surface area contributed by atoms with Crippen LogP contribution < -0.4 is 10.2 Å². The third kappa shape index (κ3) is 4.08. The molecule has 148 valence electrons. The van der Waals surface area contributed by atoms with Crippen LogP contribution in [0.15, 0.2) is 67.0 Å². The van der Waals surface area contributed by atoms with E-state index < -0.39 is 17.6 Å². The number of anilines is 3. The number of pyridine rings is 1. The van der Waals surface area contributed by atoms with Gasteiger partial charge >= 0.3 is 6.18 Å². The highest BCUT2D eigenvalue weighted by Gasteiger charge is 2.30. The molecular weight excluding hydrogens is 379 g/mol. The molecule has 0 unspecified atom stereocenters. The molecule has 0 saturated carbocycles. The maximum atomic E-state index is 12.7. The predicted molar refractivity (Wildman–Crippen MR) is 105 cm³/mol. The van der Waals surface area contributed by atoms with E-state index in [4.69, 9.17) is 0 Å². The van der Waals surface area contributed by atoms with Crippen LogP contribution in [0.25, 0.3) is 0 Å². The second-order valence-electron chi connectivity index (χ2n) is 6.84. The highest BCUT2D eigenvalue weighted by molar-refractivity contribution is 6.04. The van der Waals surface area contributed by atoms with Crippen molar-refractivity contribution in [3.05, 3.63) is 83.7 Å². The number of aryl methyl sites for hydroxylation is 1. The van der Waals surface area contributed by atoms with Crippen molar-refractivity contribution in [1.82, 2.24) is 4.98 Å². The Morgan fingerprint density at radius 2 is 1.79 bits per heavy atom. The van der Waals surface area contributed by atoms with Gasteiger partial charge in [-0.3, -0.25) is 9.78 Å². The first-order chi connectivity index (χ1) is 13.9. The molecule has 0 spiro atoms. The molecule has 3 aromatic rings. The summed E-state index contributed by atoms with van der Waals surface area (Å²) in [5.41, 5.74) is 3.02. The molecule has 1 aliphatic rings. The van der Waals surface area contributed by atoms with E-state index in [2.05, 4.69) is 21.3 Å². The standard InChI is InChI=1S/C22H18F3N3O/c23-22(24,25)17-7-9-18(10-8-17)27-21(29)16-12-19(14-26-13-16)28-11-3-5-15-4-1-2-6-20(15)28/h1-2,4,6-10,12-14H,3,5,11H2,(H,27,29). The van der Waals surface area contributed by atoms with Gasteiger partial charge in [-0.25, -0.2) is 0 Å². The Morgan fingerprint density at radius 1 is 1.03 bits per heavy atom. The van der Waals surface area contributed by atoms with E-state index in [1.54, 1.807) is 12.3 Å². The van der Waals surface area contributed by atoms with Gasteiger partial charge in [-0.1, -0.05) is 18.2 Å². The van der Waals surface area contributed by atoms with Gasteiger partial charge in [0.25, 0.3) is 5.91 Å². The van der Waals surface area contributed by atoms with Crippen LogP contribution in [0.4, 0.5) is 30.2 Å². The Balaban J connectivity index is 1.54. The summed E-state index contributed by atoms with van der Waals surface area (Å²) in [7, 11) is 0. The summed E-state index contributed by atoms with van der Waals surface area (Å²) >= 11 is 0. The van der Waals surface area contributed by atoms with E-state index in [1.807, 2.05) is 18.2 Å². The number of para-hydroxylation sites is 1. The molecule has 1 aromatic heterocycles. The third-order valence-corrected chi connectivity index (χ3v) is 4.88. The number of hydrogen-bond donors (Lipinski definition) is 1. The molecule has 1 aliphatic heterocycles. The smallest absolute Gasteiger partial charge is 0.340 e. The SMILES string of the molecule is O=C(Nc1ccc(C(F)(F)F)cc1)c1cncc(N2CCCc3ccccc32)c1. The molecule has 1 amide bonds. The zero-order valence-electron chi connectivity index (χ0n) is 15.4. The Bertz CT molecular complexity index is 1030. The number of aromatic nitrogens is 1. The van der Waals surface area contributed by atoms with Gasteiger partial charge in [0, 0.05) is 24.1 Å². The minimum absolute atomic E-state index is 0.289. The second kappa shape index (κ2) is 7.58. The van der Waals surface area contributed by atoms with E-state index in [9.17, 15) is 18.0 Å². The molecule has 1 N–H and O–H groups in total. The van der Waals surface area contributed by atoms with Gasteiger partial charge in [0.1, 0.15) is 0 Å². The summed E-state index contributed by atoms with van der Waals surface area (Å²) < 4.78 is 38.0. The number of carbonyl (C=O) groups is 1. The highest BCUT2D eigenvalue weighted by Crippen LogP contribution is 2.33. The molecule has 0 bridgehead atoms. The fourth-order valence-electron chi connectivity index (χ4n) is 3.45. The van der Waals surface area contributed by atoms with Crippen molar-refractivity contribution >= 4 is 23.0 Å². The summed E-state index contributed by atoms with van der Waals surface area (Å²) in [6, 6.07) is 14.2. The molecule has 4 rings (SSSR count). The van der Waals surface area contributed by atoms with E-state index in [0.717, 1.165) is 42.9 Å². The van der Waals surface area contributed by atoms with Crippen LogP contribution in [-0.2, 0) is 12.6 Å². The average molecular weight is 397 g/mol. The Kier molecular flexibility index (Phi) is 4.96. The van der Waals surface area contributed by atoms with Gasteiger partial charge in [-0.2, -0.15) is 13.2 Å². The minimum Gasteiger partial charge on any atom is -0.340 e. The van der Waals surface area contributed by atoms with Gasteiger partial charge < -0.3 is 10.2 Å². The van der Waals surface area contributed by atoms with Crippen molar-refractivity contribution in [3.63, 3.8) is 0 Å². The number of hydrogen-bond acceptors (Lipinski definition) is 3. The zero-order valence-corrected chi connectivity index (χ0v) is 15.4. The van der Waals surface area contributed by atoms with Gasteiger partial charge in [0.2, 0.25) is 0 Å². The lowest BCUT2D eigenvalue weighted by atomic mass is 10.0. The lowest BCUT2D eigenvalue weighted by Crippen LogP contribution is -2.25. The first-order valence-electron chi connectivity index (χ1n) is 9.21. The Labute approximate surface area is 166 Å². The molecule has 0 radical (unpaired) electrons. The first-order valence-corrected chi connectivity index (χ1v) is 9.21. The quantitative estimate of drug-likeness (QED) is 0.640. The number of benzene rings is 2. The van der Waals surface area contributed by atoms with Gasteiger partial charge in [-0.15, -0.1) is 0 Å². The molecule has 0 fully saturated rings. The molecule has 0 aliphatic carbocycles. The van der Waals surface area contributed by atoms with E-state index in [-0.39, 0.29) is 5.69 Å². The van der Waals surface area contributed by atoms with E-state index in [0.29, 0.717) is 5.56 Å². The molecule has 0 atom stereocenters. The fraction of sp³-hybridized carbons (Fsp3) is 0.182. The van der Waals surface area contributed by atoms with Crippen molar-refractivity contribution in [1.29, 1.82) is 0 Å². The number of nitrogens with zero attached hydrogens (tertiary/aromatic N) is 2. The Hall–Kier alpha value is -3.35. The monoisotopic (exact) mass is 397 g/mol. The van der Waals surface area contributed by atoms with Crippen molar-refractivity contribution in [3.8, 4) is 0 Å². The lowest BCUT2D eigenvalue weighted by Gasteiger charge is -2.31. The molecule has 2 aromatic carbocycles. The van der Waals surface area contributed by atoms with Gasteiger partial charge in [-0.05, 0) is 54.8 Å². The largest absolute Gasteiger partial charge is 0.416 e. The van der Waals surface area contributed by atoms with E-state index in [1.165, 1.54) is 23.9 Å². The minimum atomic E-state index is -4.41. The summed E-state index contributed by atoms with van der Waals surface area (Å²) in [5.74, 6) is -0.426. The summed E-state index contributed by atoms with van der Waals surface area (Å²) in [6.45, 7) is 0.822. The number of halogens is 3. The number of nitrogens with one attached hydrogen (secondary N) is 1. The maximum Gasteiger partial charge on any atom is 0.416 e.